The minimum Gasteiger partial charge on any atom is -0.388 e. The molecular formula is C14H14F3NO3S2. The molecule has 0 aliphatic heterocycles. The lowest BCUT2D eigenvalue weighted by Gasteiger charge is -2.11. The van der Waals surface area contributed by atoms with Crippen LogP contribution in [0.25, 0.3) is 0 Å². The van der Waals surface area contributed by atoms with Crippen LogP contribution < -0.4 is 4.72 Å². The van der Waals surface area contributed by atoms with E-state index in [1.807, 2.05) is 0 Å². The molecule has 2 aromatic rings. The molecule has 0 radical (unpaired) electrons. The van der Waals surface area contributed by atoms with E-state index in [-0.39, 0.29) is 17.9 Å². The van der Waals surface area contributed by atoms with E-state index in [1.165, 1.54) is 11.3 Å². The van der Waals surface area contributed by atoms with Crippen LogP contribution in [-0.4, -0.2) is 20.1 Å². The topological polar surface area (TPSA) is 66.4 Å². The lowest BCUT2D eigenvalue weighted by molar-refractivity contribution is -0.137. The fourth-order valence-corrected chi connectivity index (χ4v) is 3.65. The minimum absolute atomic E-state index is 0.0254. The van der Waals surface area contributed by atoms with Gasteiger partial charge >= 0.3 is 6.18 Å². The van der Waals surface area contributed by atoms with Crippen molar-refractivity contribution >= 4 is 21.4 Å². The second-order valence-electron chi connectivity index (χ2n) is 4.74. The van der Waals surface area contributed by atoms with E-state index in [1.54, 1.807) is 17.5 Å². The van der Waals surface area contributed by atoms with Gasteiger partial charge in [-0.2, -0.15) is 13.2 Å². The van der Waals surface area contributed by atoms with Gasteiger partial charge in [0.1, 0.15) is 0 Å². The van der Waals surface area contributed by atoms with Gasteiger partial charge in [-0.15, -0.1) is 11.3 Å². The Morgan fingerprint density at radius 1 is 1.17 bits per heavy atom. The molecule has 126 valence electrons. The summed E-state index contributed by atoms with van der Waals surface area (Å²) in [6.07, 6.45) is -5.13. The number of rotatable bonds is 6. The molecule has 0 aliphatic rings. The summed E-state index contributed by atoms with van der Waals surface area (Å²) in [6.45, 7) is -0.0254. The van der Waals surface area contributed by atoms with Crippen LogP contribution in [0.2, 0.25) is 0 Å². The highest BCUT2D eigenvalue weighted by Gasteiger charge is 2.30. The molecule has 0 saturated heterocycles. The monoisotopic (exact) mass is 365 g/mol. The zero-order valence-corrected chi connectivity index (χ0v) is 13.4. The number of sulfonamides is 1. The van der Waals surface area contributed by atoms with Crippen LogP contribution in [0.1, 0.15) is 23.0 Å². The first-order chi connectivity index (χ1) is 10.7. The Kier molecular flexibility index (Phi) is 5.45. The summed E-state index contributed by atoms with van der Waals surface area (Å²) in [4.78, 5) is 0.467. The van der Waals surface area contributed by atoms with E-state index in [2.05, 4.69) is 4.72 Å². The number of benzene rings is 1. The van der Waals surface area contributed by atoms with Crippen LogP contribution in [0, 0.1) is 0 Å². The Bertz CT molecular complexity index is 726. The second-order valence-corrected chi connectivity index (χ2v) is 7.49. The quantitative estimate of drug-likeness (QED) is 0.826. The number of hydrogen-bond acceptors (Lipinski definition) is 4. The molecule has 0 fully saturated rings. The smallest absolute Gasteiger partial charge is 0.388 e. The molecule has 0 aliphatic carbocycles. The molecule has 0 saturated carbocycles. The van der Waals surface area contributed by atoms with Crippen molar-refractivity contribution in [2.24, 2.45) is 0 Å². The molecule has 1 atom stereocenters. The first kappa shape index (κ1) is 17.9. The third kappa shape index (κ3) is 4.77. The maximum atomic E-state index is 12.5. The van der Waals surface area contributed by atoms with Crippen molar-refractivity contribution in [3.8, 4) is 0 Å². The Labute approximate surface area is 135 Å². The first-order valence-corrected chi connectivity index (χ1v) is 8.95. The molecule has 0 amide bonds. The van der Waals surface area contributed by atoms with E-state index in [9.17, 15) is 26.7 Å². The molecule has 0 bridgehead atoms. The molecule has 1 unspecified atom stereocenters. The number of halogens is 3. The van der Waals surface area contributed by atoms with Gasteiger partial charge in [0.15, 0.2) is 0 Å². The molecule has 2 rings (SSSR count). The van der Waals surface area contributed by atoms with Gasteiger partial charge in [0.2, 0.25) is 10.0 Å². The largest absolute Gasteiger partial charge is 0.416 e. The van der Waals surface area contributed by atoms with Crippen molar-refractivity contribution in [1.82, 2.24) is 4.72 Å². The van der Waals surface area contributed by atoms with Crippen LogP contribution in [0.15, 0.2) is 46.7 Å². The molecule has 1 aromatic heterocycles. The summed E-state index contributed by atoms with van der Waals surface area (Å²) in [6, 6.07) is 6.75. The van der Waals surface area contributed by atoms with Crippen LogP contribution in [0.3, 0.4) is 0 Å². The van der Waals surface area contributed by atoms with Crippen molar-refractivity contribution in [2.45, 2.75) is 23.6 Å². The SMILES string of the molecule is O=S(=O)(NCCC(O)c1cccs1)c1ccc(C(F)(F)F)cc1. The average molecular weight is 365 g/mol. The normalized spacial score (nSPS) is 13.9. The number of nitrogens with one attached hydrogen (secondary N) is 1. The summed E-state index contributed by atoms with van der Waals surface area (Å²) in [5, 5.41) is 11.6. The number of aliphatic hydroxyl groups is 1. The first-order valence-electron chi connectivity index (χ1n) is 6.58. The van der Waals surface area contributed by atoms with Gasteiger partial charge < -0.3 is 5.11 Å². The molecule has 23 heavy (non-hydrogen) atoms. The third-order valence-corrected chi connectivity index (χ3v) is 5.52. The molecule has 9 heteroatoms. The lowest BCUT2D eigenvalue weighted by atomic mass is 10.2. The van der Waals surface area contributed by atoms with Gasteiger partial charge in [-0.25, -0.2) is 13.1 Å². The predicted octanol–water partition coefficient (Wildman–Crippen LogP) is 3.17. The zero-order valence-electron chi connectivity index (χ0n) is 11.7. The van der Waals surface area contributed by atoms with Crippen molar-refractivity contribution in [1.29, 1.82) is 0 Å². The van der Waals surface area contributed by atoms with E-state index in [0.29, 0.717) is 0 Å². The van der Waals surface area contributed by atoms with Gasteiger partial charge in [0.25, 0.3) is 0 Å². The summed E-state index contributed by atoms with van der Waals surface area (Å²) in [5.74, 6) is 0. The summed E-state index contributed by atoms with van der Waals surface area (Å²) >= 11 is 1.36. The van der Waals surface area contributed by atoms with Crippen molar-refractivity contribution < 1.29 is 26.7 Å². The fraction of sp³-hybridized carbons (Fsp3) is 0.286. The fourth-order valence-electron chi connectivity index (χ4n) is 1.86. The van der Waals surface area contributed by atoms with Gasteiger partial charge in [-0.1, -0.05) is 6.07 Å². The Balaban J connectivity index is 1.96. The Morgan fingerprint density at radius 3 is 2.35 bits per heavy atom. The number of aliphatic hydroxyl groups excluding tert-OH is 1. The molecule has 2 N–H and O–H groups in total. The van der Waals surface area contributed by atoms with Gasteiger partial charge in [-0.3, -0.25) is 0 Å². The van der Waals surface area contributed by atoms with Crippen molar-refractivity contribution in [3.05, 3.63) is 52.2 Å². The number of hydrogen-bond donors (Lipinski definition) is 2. The summed E-state index contributed by atoms with van der Waals surface area (Å²) in [7, 11) is -3.91. The van der Waals surface area contributed by atoms with Crippen LogP contribution in [0.5, 0.6) is 0 Å². The van der Waals surface area contributed by atoms with Crippen LogP contribution >= 0.6 is 11.3 Å². The summed E-state index contributed by atoms with van der Waals surface area (Å²) in [5.41, 5.74) is -0.912. The molecular weight excluding hydrogens is 351 g/mol. The van der Waals surface area contributed by atoms with E-state index >= 15 is 0 Å². The zero-order chi connectivity index (χ0) is 17.1. The molecule has 0 spiro atoms. The van der Waals surface area contributed by atoms with E-state index < -0.39 is 27.9 Å². The number of alkyl halides is 3. The second kappa shape index (κ2) is 7.00. The van der Waals surface area contributed by atoms with Gasteiger partial charge in [0.05, 0.1) is 16.6 Å². The van der Waals surface area contributed by atoms with E-state index in [0.717, 1.165) is 29.1 Å². The van der Waals surface area contributed by atoms with Crippen molar-refractivity contribution in [2.75, 3.05) is 6.54 Å². The Hall–Kier alpha value is -1.42. The highest BCUT2D eigenvalue weighted by Crippen LogP contribution is 2.29. The van der Waals surface area contributed by atoms with Gasteiger partial charge in [0, 0.05) is 11.4 Å². The maximum absolute atomic E-state index is 12.5. The standard InChI is InChI=1S/C14H14F3NO3S2/c15-14(16,17)10-3-5-11(6-4-10)23(20,21)18-8-7-12(19)13-2-1-9-22-13/h1-6,9,12,18-19H,7-8H2. The number of thiophene rings is 1. The Morgan fingerprint density at radius 2 is 1.83 bits per heavy atom. The highest BCUT2D eigenvalue weighted by molar-refractivity contribution is 7.89. The lowest BCUT2D eigenvalue weighted by Crippen LogP contribution is -2.26. The summed E-state index contributed by atoms with van der Waals surface area (Å²) < 4.78 is 63.6. The van der Waals surface area contributed by atoms with E-state index in [4.69, 9.17) is 0 Å². The molecule has 1 aromatic carbocycles. The molecule has 4 nitrogen and oxygen atoms in total. The van der Waals surface area contributed by atoms with Crippen molar-refractivity contribution in [3.63, 3.8) is 0 Å². The third-order valence-electron chi connectivity index (χ3n) is 3.07. The molecule has 1 heterocycles. The predicted molar refractivity (Wildman–Crippen MR) is 80.5 cm³/mol. The van der Waals surface area contributed by atoms with Crippen LogP contribution in [-0.2, 0) is 16.2 Å². The maximum Gasteiger partial charge on any atom is 0.416 e. The van der Waals surface area contributed by atoms with Gasteiger partial charge in [-0.05, 0) is 42.1 Å². The van der Waals surface area contributed by atoms with Crippen LogP contribution in [0.4, 0.5) is 13.2 Å². The average Bonchev–Trinajstić information content (AvgIpc) is 3.00. The highest BCUT2D eigenvalue weighted by atomic mass is 32.2. The minimum atomic E-state index is -4.51.